The Morgan fingerprint density at radius 3 is 1.50 bits per heavy atom. The van der Waals surface area contributed by atoms with Gasteiger partial charge in [-0.15, -0.1) is 6.58 Å². The fraction of sp³-hybridized carbons (Fsp3) is 0.485. The number of carbonyl (C=O) groups excluding carboxylic acids is 3. The van der Waals surface area contributed by atoms with Gasteiger partial charge in [-0.2, -0.15) is 57.1 Å². The SMILES string of the molecule is C=CCCCCCCCCC(=O)Oc1ccc(C(=O)Oc2ccc(C(=O)OCCC(F)(F)C(F)(F)C(F)(F)C(F)(F)C(F)(F)C(F)(F)F)cc2)cc1. The highest BCUT2D eigenvalue weighted by Crippen LogP contribution is 2.60. The van der Waals surface area contributed by atoms with Crippen LogP contribution in [0.15, 0.2) is 61.2 Å². The van der Waals surface area contributed by atoms with Crippen molar-refractivity contribution in [2.75, 3.05) is 6.61 Å². The van der Waals surface area contributed by atoms with Crippen LogP contribution in [-0.4, -0.2) is 60.3 Å². The Morgan fingerprint density at radius 1 is 0.558 bits per heavy atom. The van der Waals surface area contributed by atoms with Crippen molar-refractivity contribution in [3.8, 4) is 11.5 Å². The Hall–Kier alpha value is -4.32. The molecule has 0 aliphatic carbocycles. The molecule has 19 heteroatoms. The summed E-state index contributed by atoms with van der Waals surface area (Å²) in [6.07, 6.45) is -1.53. The van der Waals surface area contributed by atoms with Crippen LogP contribution in [0, 0.1) is 0 Å². The lowest BCUT2D eigenvalue weighted by Gasteiger charge is -2.39. The van der Waals surface area contributed by atoms with Crippen molar-refractivity contribution in [2.45, 2.75) is 93.6 Å². The van der Waals surface area contributed by atoms with Gasteiger partial charge in [0.15, 0.2) is 0 Å². The fourth-order valence-corrected chi connectivity index (χ4v) is 4.25. The van der Waals surface area contributed by atoms with Crippen molar-refractivity contribution in [3.63, 3.8) is 0 Å². The summed E-state index contributed by atoms with van der Waals surface area (Å²) in [5.74, 6) is -40.8. The minimum absolute atomic E-state index is 0.0112. The molecule has 0 aromatic heterocycles. The van der Waals surface area contributed by atoms with E-state index in [1.165, 1.54) is 24.3 Å². The number of benzene rings is 2. The lowest BCUT2D eigenvalue weighted by atomic mass is 9.93. The highest BCUT2D eigenvalue weighted by molar-refractivity contribution is 5.92. The average molecular weight is 771 g/mol. The third kappa shape index (κ3) is 10.4. The van der Waals surface area contributed by atoms with Gasteiger partial charge in [-0.3, -0.25) is 4.79 Å². The van der Waals surface area contributed by atoms with Crippen LogP contribution in [0.25, 0.3) is 0 Å². The summed E-state index contributed by atoms with van der Waals surface area (Å²) in [7, 11) is 0. The van der Waals surface area contributed by atoms with Crippen molar-refractivity contribution in [1.82, 2.24) is 0 Å². The molecule has 6 nitrogen and oxygen atoms in total. The molecule has 290 valence electrons. The number of alkyl halides is 13. The maximum absolute atomic E-state index is 13.9. The van der Waals surface area contributed by atoms with E-state index in [1.54, 1.807) is 0 Å². The Kier molecular flexibility index (Phi) is 14.7. The summed E-state index contributed by atoms with van der Waals surface area (Å²) in [5.41, 5.74) is -0.547. The molecule has 0 aliphatic heterocycles. The molecule has 0 atom stereocenters. The zero-order valence-corrected chi connectivity index (χ0v) is 26.8. The van der Waals surface area contributed by atoms with E-state index in [0.29, 0.717) is 6.42 Å². The van der Waals surface area contributed by atoms with Crippen LogP contribution >= 0.6 is 0 Å². The second-order valence-corrected chi connectivity index (χ2v) is 11.2. The van der Waals surface area contributed by atoms with E-state index in [0.717, 1.165) is 62.8 Å². The molecule has 0 heterocycles. The number of esters is 3. The van der Waals surface area contributed by atoms with Crippen molar-refractivity contribution < 1.29 is 85.7 Å². The van der Waals surface area contributed by atoms with Crippen molar-refractivity contribution in [2.24, 2.45) is 0 Å². The summed E-state index contributed by atoms with van der Waals surface area (Å²) in [6.45, 7) is 1.74. The van der Waals surface area contributed by atoms with Crippen LogP contribution in [0.1, 0.15) is 78.5 Å². The average Bonchev–Trinajstić information content (AvgIpc) is 3.05. The molecule has 0 unspecified atom stereocenters. The van der Waals surface area contributed by atoms with E-state index < -0.39 is 72.3 Å². The lowest BCUT2D eigenvalue weighted by molar-refractivity contribution is -0.440. The topological polar surface area (TPSA) is 78.9 Å². The molecule has 2 rings (SSSR count). The molecular weight excluding hydrogens is 739 g/mol. The zero-order valence-electron chi connectivity index (χ0n) is 26.8. The summed E-state index contributed by atoms with van der Waals surface area (Å²) in [6, 6.07) is 8.87. The summed E-state index contributed by atoms with van der Waals surface area (Å²) >= 11 is 0. The number of hydrogen-bond donors (Lipinski definition) is 0. The molecule has 0 spiro atoms. The third-order valence-electron chi connectivity index (χ3n) is 7.31. The first-order chi connectivity index (χ1) is 23.9. The van der Waals surface area contributed by atoms with Crippen LogP contribution in [0.2, 0.25) is 0 Å². The van der Waals surface area contributed by atoms with Gasteiger partial charge in [0.05, 0.1) is 24.2 Å². The molecule has 52 heavy (non-hydrogen) atoms. The highest BCUT2D eigenvalue weighted by atomic mass is 19.4. The maximum atomic E-state index is 13.9. The van der Waals surface area contributed by atoms with Gasteiger partial charge in [0.2, 0.25) is 0 Å². The van der Waals surface area contributed by atoms with Crippen LogP contribution in [0.4, 0.5) is 57.1 Å². The lowest BCUT2D eigenvalue weighted by Crippen LogP contribution is -2.70. The monoisotopic (exact) mass is 770 g/mol. The molecule has 2 aromatic rings. The van der Waals surface area contributed by atoms with Gasteiger partial charge in [-0.05, 0) is 67.8 Å². The van der Waals surface area contributed by atoms with E-state index in [9.17, 15) is 71.5 Å². The number of hydrogen-bond acceptors (Lipinski definition) is 6. The summed E-state index contributed by atoms with van der Waals surface area (Å²) in [5, 5.41) is 0. The first-order valence-corrected chi connectivity index (χ1v) is 15.3. The van der Waals surface area contributed by atoms with Crippen LogP contribution in [0.3, 0.4) is 0 Å². The summed E-state index contributed by atoms with van der Waals surface area (Å²) in [4.78, 5) is 36.6. The molecule has 0 fully saturated rings. The second-order valence-electron chi connectivity index (χ2n) is 11.2. The van der Waals surface area contributed by atoms with E-state index >= 15 is 0 Å². The van der Waals surface area contributed by atoms with E-state index in [1.807, 2.05) is 6.08 Å². The van der Waals surface area contributed by atoms with Gasteiger partial charge in [-0.25, -0.2) is 9.59 Å². The molecule has 0 bridgehead atoms. The van der Waals surface area contributed by atoms with Gasteiger partial charge in [-0.1, -0.05) is 31.8 Å². The number of carbonyl (C=O) groups is 3. The van der Waals surface area contributed by atoms with Crippen LogP contribution < -0.4 is 9.47 Å². The number of unbranched alkanes of at least 4 members (excludes halogenated alkanes) is 6. The maximum Gasteiger partial charge on any atom is 0.460 e. The van der Waals surface area contributed by atoms with Gasteiger partial charge in [0, 0.05) is 6.42 Å². The normalized spacial score (nSPS) is 13.0. The van der Waals surface area contributed by atoms with E-state index in [2.05, 4.69) is 11.3 Å². The standard InChI is InChI=1S/C33H31F13O6/c1-2-3-4-5-6-7-8-9-10-25(47)51-23-15-13-22(14-16-23)27(49)52-24-17-11-21(12-18-24)26(48)50-20-19-28(34,35)29(36,37)30(38,39)31(40,41)32(42,43)33(44,45)46/h2,11-18H,1,3-10,19-20H2. The molecule has 2 aromatic carbocycles. The van der Waals surface area contributed by atoms with E-state index in [-0.39, 0.29) is 23.5 Å². The highest BCUT2D eigenvalue weighted by Gasteiger charge is 2.90. The minimum atomic E-state index is -8.03. The van der Waals surface area contributed by atoms with Gasteiger partial charge >= 0.3 is 53.7 Å². The van der Waals surface area contributed by atoms with E-state index in [4.69, 9.17) is 9.47 Å². The Balaban J connectivity index is 1.89. The van der Waals surface area contributed by atoms with Crippen molar-refractivity contribution in [1.29, 1.82) is 0 Å². The predicted molar refractivity (Wildman–Crippen MR) is 156 cm³/mol. The number of halogens is 13. The van der Waals surface area contributed by atoms with Crippen molar-refractivity contribution in [3.05, 3.63) is 72.3 Å². The van der Waals surface area contributed by atoms with Crippen LogP contribution in [-0.2, 0) is 9.53 Å². The van der Waals surface area contributed by atoms with Gasteiger partial charge < -0.3 is 14.2 Å². The molecule has 0 amide bonds. The van der Waals surface area contributed by atoms with Gasteiger partial charge in [0.25, 0.3) is 0 Å². The molecule has 0 saturated heterocycles. The number of ether oxygens (including phenoxy) is 3. The molecular formula is C33H31F13O6. The smallest absolute Gasteiger partial charge is 0.460 e. The first kappa shape index (κ1) is 43.8. The molecule has 0 aliphatic rings. The Bertz CT molecular complexity index is 1510. The van der Waals surface area contributed by atoms with Crippen molar-refractivity contribution >= 4 is 17.9 Å². The minimum Gasteiger partial charge on any atom is -0.462 e. The molecule has 0 saturated carbocycles. The zero-order chi connectivity index (χ0) is 39.6. The van der Waals surface area contributed by atoms with Crippen LogP contribution in [0.5, 0.6) is 11.5 Å². The quantitative estimate of drug-likeness (QED) is 0.0439. The third-order valence-corrected chi connectivity index (χ3v) is 7.31. The predicted octanol–water partition coefficient (Wildman–Crippen LogP) is 10.4. The van der Waals surface area contributed by atoms with Gasteiger partial charge in [0.1, 0.15) is 11.5 Å². The largest absolute Gasteiger partial charge is 0.462 e. The Morgan fingerprint density at radius 2 is 1.00 bits per heavy atom. The summed E-state index contributed by atoms with van der Waals surface area (Å²) < 4.78 is 186. The molecule has 0 radical (unpaired) electrons. The first-order valence-electron chi connectivity index (χ1n) is 15.3. The number of rotatable bonds is 20. The second kappa shape index (κ2) is 17.5. The Labute approximate surface area is 287 Å². The molecule has 0 N–H and O–H groups in total. The number of allylic oxidation sites excluding steroid dienone is 1. The fourth-order valence-electron chi connectivity index (χ4n) is 4.25.